The van der Waals surface area contributed by atoms with Gasteiger partial charge in [0.05, 0.1) is 13.2 Å². The number of benzene rings is 2. The number of fused-ring (bicyclic) bond motifs is 2. The molecule has 234 valence electrons. The summed E-state index contributed by atoms with van der Waals surface area (Å²) in [5, 5.41) is 0. The standard InChI is InChI=1S/C38H46FNO4/c1-5-34-32-17-16-30-20-38(42-22-24(2)23-43-38)19-18-31(30)35(32)33(21-37(34,4)25(3)44-39)28-12-8-26(9-13-28)6-7-27-10-14-29(15-11-27)36(40)41/h8-15,24-25,30,32-34H,5,16-23H2,1-4H3,(H2,40,41). The molecule has 6 unspecified atom stereocenters. The first-order valence-corrected chi connectivity index (χ1v) is 16.5. The molecule has 0 aromatic heterocycles. The molecule has 2 aromatic rings. The lowest BCUT2D eigenvalue weighted by Crippen LogP contribution is -2.51. The lowest BCUT2D eigenvalue weighted by Gasteiger charge is -2.56. The van der Waals surface area contributed by atoms with E-state index in [1.807, 2.05) is 19.1 Å². The van der Waals surface area contributed by atoms with Gasteiger partial charge in [0.2, 0.25) is 5.91 Å². The number of hydrogen-bond acceptors (Lipinski definition) is 4. The minimum Gasteiger partial charge on any atom is -0.366 e. The topological polar surface area (TPSA) is 70.8 Å². The molecule has 0 radical (unpaired) electrons. The van der Waals surface area contributed by atoms with E-state index in [4.69, 9.17) is 15.2 Å². The molecule has 2 saturated carbocycles. The number of allylic oxidation sites excluding steroid dienone is 2. The van der Waals surface area contributed by atoms with Crippen LogP contribution in [-0.2, 0) is 14.4 Å². The van der Waals surface area contributed by atoms with Crippen LogP contribution in [0.5, 0.6) is 0 Å². The van der Waals surface area contributed by atoms with Gasteiger partial charge in [0, 0.05) is 46.8 Å². The molecule has 2 aromatic carbocycles. The van der Waals surface area contributed by atoms with E-state index in [9.17, 15) is 9.32 Å². The van der Waals surface area contributed by atoms with Crippen molar-refractivity contribution in [3.63, 3.8) is 0 Å². The molecule has 1 amide bonds. The Morgan fingerprint density at radius 3 is 2.27 bits per heavy atom. The predicted molar refractivity (Wildman–Crippen MR) is 169 cm³/mol. The number of nitrogens with two attached hydrogens (primary N) is 1. The van der Waals surface area contributed by atoms with Crippen LogP contribution < -0.4 is 5.73 Å². The fourth-order valence-corrected chi connectivity index (χ4v) is 8.84. The van der Waals surface area contributed by atoms with Gasteiger partial charge in [0.15, 0.2) is 5.79 Å². The number of rotatable bonds is 5. The summed E-state index contributed by atoms with van der Waals surface area (Å²) < 4.78 is 26.7. The number of carbonyl (C=O) groups excluding carboxylic acids is 1. The lowest BCUT2D eigenvalue weighted by molar-refractivity contribution is -0.295. The maximum Gasteiger partial charge on any atom is 0.248 e. The van der Waals surface area contributed by atoms with E-state index in [0.717, 1.165) is 69.3 Å². The highest BCUT2D eigenvalue weighted by atomic mass is 19.3. The third-order valence-corrected chi connectivity index (χ3v) is 11.4. The summed E-state index contributed by atoms with van der Waals surface area (Å²) in [5.41, 5.74) is 11.8. The van der Waals surface area contributed by atoms with Crippen LogP contribution in [0.15, 0.2) is 59.7 Å². The van der Waals surface area contributed by atoms with Crippen LogP contribution in [0.25, 0.3) is 0 Å². The van der Waals surface area contributed by atoms with Gasteiger partial charge in [-0.1, -0.05) is 62.3 Å². The molecule has 0 bridgehead atoms. The highest BCUT2D eigenvalue weighted by Crippen LogP contribution is 2.62. The van der Waals surface area contributed by atoms with Gasteiger partial charge in [-0.2, -0.15) is 4.94 Å². The van der Waals surface area contributed by atoms with E-state index in [2.05, 4.69) is 61.8 Å². The van der Waals surface area contributed by atoms with Crippen molar-refractivity contribution in [3.8, 4) is 11.8 Å². The quantitative estimate of drug-likeness (QED) is 0.280. The summed E-state index contributed by atoms with van der Waals surface area (Å²) >= 11 is 0. The third kappa shape index (κ3) is 5.75. The molecule has 6 rings (SSSR count). The summed E-state index contributed by atoms with van der Waals surface area (Å²) in [7, 11) is 0. The molecule has 1 heterocycles. The first kappa shape index (κ1) is 31.0. The minimum atomic E-state index is -0.481. The van der Waals surface area contributed by atoms with Crippen LogP contribution in [-0.4, -0.2) is 31.0 Å². The molecule has 1 saturated heterocycles. The van der Waals surface area contributed by atoms with Crippen molar-refractivity contribution in [3.05, 3.63) is 81.9 Å². The predicted octanol–water partition coefficient (Wildman–Crippen LogP) is 7.88. The SMILES string of the molecule is CCC1C2CCC3CC4(CCC3=C2C(c2ccc(C#Cc3ccc(C(N)=O)cc3)cc2)CC1(C)C(C)OF)OCC(C)CO4. The van der Waals surface area contributed by atoms with Gasteiger partial charge in [0.25, 0.3) is 0 Å². The molecule has 1 aliphatic heterocycles. The maximum atomic E-state index is 13.9. The molecular formula is C38H46FNO4. The van der Waals surface area contributed by atoms with Gasteiger partial charge in [0.1, 0.15) is 6.10 Å². The van der Waals surface area contributed by atoms with Gasteiger partial charge in [-0.25, -0.2) is 0 Å². The zero-order valence-electron chi connectivity index (χ0n) is 26.5. The highest BCUT2D eigenvalue weighted by Gasteiger charge is 2.55. The van der Waals surface area contributed by atoms with Crippen LogP contribution in [0.1, 0.15) is 106 Å². The molecule has 6 atom stereocenters. The van der Waals surface area contributed by atoms with E-state index in [-0.39, 0.29) is 11.3 Å². The molecular weight excluding hydrogens is 553 g/mol. The van der Waals surface area contributed by atoms with Crippen molar-refractivity contribution in [2.24, 2.45) is 34.8 Å². The average molecular weight is 600 g/mol. The molecule has 44 heavy (non-hydrogen) atoms. The van der Waals surface area contributed by atoms with Gasteiger partial charge >= 0.3 is 0 Å². The summed E-state index contributed by atoms with van der Waals surface area (Å²) in [6, 6.07) is 15.6. The molecule has 6 heteroatoms. The van der Waals surface area contributed by atoms with E-state index in [0.29, 0.717) is 29.2 Å². The van der Waals surface area contributed by atoms with E-state index in [1.54, 1.807) is 23.3 Å². The molecule has 3 aliphatic carbocycles. The van der Waals surface area contributed by atoms with Crippen molar-refractivity contribution >= 4 is 5.91 Å². The lowest BCUT2D eigenvalue weighted by atomic mass is 9.49. The zero-order chi connectivity index (χ0) is 31.1. The van der Waals surface area contributed by atoms with Crippen molar-refractivity contribution in [1.29, 1.82) is 0 Å². The van der Waals surface area contributed by atoms with Crippen molar-refractivity contribution < 1.29 is 23.7 Å². The summed E-state index contributed by atoms with van der Waals surface area (Å²) in [6.45, 7) is 10.1. The first-order chi connectivity index (χ1) is 21.2. The number of halogens is 1. The van der Waals surface area contributed by atoms with Gasteiger partial charge in [-0.15, -0.1) is 0 Å². The molecule has 2 N–H and O–H groups in total. The Morgan fingerprint density at radius 1 is 1.05 bits per heavy atom. The van der Waals surface area contributed by atoms with E-state index >= 15 is 0 Å². The molecule has 1 spiro atoms. The first-order valence-electron chi connectivity index (χ1n) is 16.5. The molecule has 5 nitrogen and oxygen atoms in total. The summed E-state index contributed by atoms with van der Waals surface area (Å²) in [6.07, 6.45) is 6.46. The summed E-state index contributed by atoms with van der Waals surface area (Å²) in [5.74, 6) is 7.46. The number of amides is 1. The fraction of sp³-hybridized carbons (Fsp3) is 0.553. The maximum absolute atomic E-state index is 13.9. The Morgan fingerprint density at radius 2 is 1.68 bits per heavy atom. The largest absolute Gasteiger partial charge is 0.366 e. The van der Waals surface area contributed by atoms with Crippen LogP contribution in [0.3, 0.4) is 0 Å². The van der Waals surface area contributed by atoms with E-state index in [1.165, 1.54) is 5.56 Å². The summed E-state index contributed by atoms with van der Waals surface area (Å²) in [4.78, 5) is 16.0. The number of carbonyl (C=O) groups is 1. The normalized spacial score (nSPS) is 34.0. The zero-order valence-corrected chi connectivity index (χ0v) is 26.5. The number of hydrogen-bond donors (Lipinski definition) is 1. The van der Waals surface area contributed by atoms with Crippen LogP contribution in [0.2, 0.25) is 0 Å². The Kier molecular flexibility index (Phi) is 8.76. The second kappa shape index (κ2) is 12.4. The number of ether oxygens (including phenoxy) is 2. The Hall–Kier alpha value is -2.98. The number of primary amides is 1. The van der Waals surface area contributed by atoms with Crippen LogP contribution in [0, 0.1) is 40.9 Å². The van der Waals surface area contributed by atoms with Gasteiger partial charge in [-0.05, 0) is 96.8 Å². The Bertz CT molecular complexity index is 1450. The smallest absolute Gasteiger partial charge is 0.248 e. The van der Waals surface area contributed by atoms with Gasteiger partial charge in [-0.3, -0.25) is 4.79 Å². The van der Waals surface area contributed by atoms with Crippen LogP contribution >= 0.6 is 0 Å². The fourth-order valence-electron chi connectivity index (χ4n) is 8.84. The second-order valence-electron chi connectivity index (χ2n) is 14.0. The highest BCUT2D eigenvalue weighted by molar-refractivity contribution is 5.92. The minimum absolute atomic E-state index is 0.203. The van der Waals surface area contributed by atoms with Crippen molar-refractivity contribution in [2.45, 2.75) is 90.4 Å². The Balaban J connectivity index is 1.33. The molecule has 4 aliphatic rings. The van der Waals surface area contributed by atoms with E-state index < -0.39 is 17.8 Å². The van der Waals surface area contributed by atoms with Crippen molar-refractivity contribution in [1.82, 2.24) is 0 Å². The Labute approximate surface area is 261 Å². The molecule has 3 fully saturated rings. The third-order valence-electron chi connectivity index (χ3n) is 11.4. The monoisotopic (exact) mass is 599 g/mol. The second-order valence-corrected chi connectivity index (χ2v) is 14.0. The van der Waals surface area contributed by atoms with Gasteiger partial charge < -0.3 is 15.2 Å². The van der Waals surface area contributed by atoms with Crippen molar-refractivity contribution in [2.75, 3.05) is 13.2 Å². The van der Waals surface area contributed by atoms with Crippen LogP contribution in [0.4, 0.5) is 4.53 Å². The average Bonchev–Trinajstić information content (AvgIpc) is 3.04.